The summed E-state index contributed by atoms with van der Waals surface area (Å²) in [6.07, 6.45) is -2.10. The minimum Gasteiger partial charge on any atom is -0.381 e. The summed E-state index contributed by atoms with van der Waals surface area (Å²) < 4.78 is 51.9. The number of ether oxygens (including phenoxy) is 2. The van der Waals surface area contributed by atoms with Gasteiger partial charge in [-0.1, -0.05) is 18.2 Å². The summed E-state index contributed by atoms with van der Waals surface area (Å²) in [5.41, 5.74) is -0.562. The highest BCUT2D eigenvalue weighted by Gasteiger charge is 2.45. The topological polar surface area (TPSA) is 100 Å². The van der Waals surface area contributed by atoms with Gasteiger partial charge >= 0.3 is 0 Å². The first kappa shape index (κ1) is 23.9. The average molecular weight is 475 g/mol. The second-order valence-corrected chi connectivity index (χ2v) is 8.32. The molecule has 2 aliphatic rings. The number of hydrogen-bond acceptors (Lipinski definition) is 7. The Morgan fingerprint density at radius 2 is 1.97 bits per heavy atom. The Morgan fingerprint density at radius 1 is 1.26 bits per heavy atom. The van der Waals surface area contributed by atoms with Crippen LogP contribution in [0.4, 0.5) is 19.0 Å². The van der Waals surface area contributed by atoms with E-state index in [-0.39, 0.29) is 36.2 Å². The molecule has 11 heteroatoms. The molecule has 0 unspecified atom stereocenters. The Morgan fingerprint density at radius 3 is 2.62 bits per heavy atom. The molecule has 34 heavy (non-hydrogen) atoms. The van der Waals surface area contributed by atoms with Crippen LogP contribution >= 0.6 is 0 Å². The number of carbonyl (C=O) groups is 1. The van der Waals surface area contributed by atoms with Crippen molar-refractivity contribution in [3.8, 4) is 6.07 Å². The Labute approximate surface area is 194 Å². The van der Waals surface area contributed by atoms with Crippen LogP contribution in [0.3, 0.4) is 0 Å². The van der Waals surface area contributed by atoms with Crippen LogP contribution in [-0.4, -0.2) is 46.7 Å². The van der Waals surface area contributed by atoms with Gasteiger partial charge in [-0.3, -0.25) is 4.79 Å². The summed E-state index contributed by atoms with van der Waals surface area (Å²) in [6, 6.07) is 4.96. The molecule has 0 aliphatic carbocycles. The van der Waals surface area contributed by atoms with Gasteiger partial charge in [-0.05, 0) is 6.92 Å². The van der Waals surface area contributed by atoms with Crippen LogP contribution in [0.25, 0.3) is 0 Å². The van der Waals surface area contributed by atoms with Crippen LogP contribution < -0.4 is 5.32 Å². The second-order valence-electron chi connectivity index (χ2n) is 8.32. The molecule has 1 aromatic carbocycles. The third kappa shape index (κ3) is 4.31. The Balaban J connectivity index is 1.62. The van der Waals surface area contributed by atoms with E-state index in [1.807, 2.05) is 6.07 Å². The lowest BCUT2D eigenvalue weighted by molar-refractivity contribution is -0.167. The number of aromatic nitrogens is 2. The molecule has 1 amide bonds. The van der Waals surface area contributed by atoms with Crippen LogP contribution in [0, 0.1) is 17.1 Å². The van der Waals surface area contributed by atoms with E-state index < -0.39 is 29.4 Å². The van der Waals surface area contributed by atoms with Crippen molar-refractivity contribution >= 4 is 11.7 Å². The lowest BCUT2D eigenvalue weighted by atomic mass is 9.92. The number of nitrogens with zero attached hydrogens (tertiary/aromatic N) is 4. The molecule has 1 aromatic heterocycles. The van der Waals surface area contributed by atoms with Gasteiger partial charge in [0, 0.05) is 44.3 Å². The number of methoxy groups -OCH3 is 1. The van der Waals surface area contributed by atoms with E-state index in [4.69, 9.17) is 9.47 Å². The van der Waals surface area contributed by atoms with Gasteiger partial charge < -0.3 is 19.7 Å². The molecule has 1 atom stereocenters. The van der Waals surface area contributed by atoms with E-state index in [0.717, 1.165) is 6.07 Å². The van der Waals surface area contributed by atoms with Crippen molar-refractivity contribution < 1.29 is 27.4 Å². The maximum absolute atomic E-state index is 14.7. The molecule has 0 saturated carbocycles. The Bertz CT molecular complexity index is 1130. The summed E-state index contributed by atoms with van der Waals surface area (Å²) in [4.78, 5) is 23.4. The molecule has 0 spiro atoms. The van der Waals surface area contributed by atoms with Gasteiger partial charge in [-0.25, -0.2) is 23.1 Å². The van der Waals surface area contributed by atoms with Crippen LogP contribution in [0.5, 0.6) is 0 Å². The van der Waals surface area contributed by atoms with Gasteiger partial charge in [-0.15, -0.1) is 0 Å². The van der Waals surface area contributed by atoms with Crippen molar-refractivity contribution in [3.05, 3.63) is 52.2 Å². The highest BCUT2D eigenvalue weighted by molar-refractivity contribution is 5.86. The van der Waals surface area contributed by atoms with E-state index in [1.54, 1.807) is 11.8 Å². The van der Waals surface area contributed by atoms with Crippen molar-refractivity contribution in [2.24, 2.45) is 0 Å². The van der Waals surface area contributed by atoms with Crippen molar-refractivity contribution in [3.63, 3.8) is 0 Å². The van der Waals surface area contributed by atoms with Gasteiger partial charge in [0.15, 0.2) is 5.60 Å². The molecular weight excluding hydrogens is 451 g/mol. The van der Waals surface area contributed by atoms with Crippen molar-refractivity contribution in [1.82, 2.24) is 14.9 Å². The third-order valence-corrected chi connectivity index (χ3v) is 6.36. The van der Waals surface area contributed by atoms with Gasteiger partial charge in [0.25, 0.3) is 12.3 Å². The summed E-state index contributed by atoms with van der Waals surface area (Å²) in [7, 11) is 1.50. The van der Waals surface area contributed by atoms with Gasteiger partial charge in [0.05, 0.1) is 30.4 Å². The number of hydrogen-bond donors (Lipinski definition) is 1. The summed E-state index contributed by atoms with van der Waals surface area (Å²) in [5.74, 6) is -1.06. The number of alkyl halides is 2. The SMILES string of the molecule is COC1(C(=O)N2Cc3nc(C#N)nc(N[C@H](C)c4cccc(C(F)F)c4F)c3C2)CCOCC1. The van der Waals surface area contributed by atoms with Crippen molar-refractivity contribution in [1.29, 1.82) is 5.26 Å². The first-order chi connectivity index (χ1) is 16.3. The first-order valence-corrected chi connectivity index (χ1v) is 10.8. The number of nitrogens with one attached hydrogen (secondary N) is 1. The molecule has 2 aromatic rings. The van der Waals surface area contributed by atoms with E-state index in [1.165, 1.54) is 19.2 Å². The zero-order valence-corrected chi connectivity index (χ0v) is 18.8. The maximum Gasteiger partial charge on any atom is 0.266 e. The average Bonchev–Trinajstić information content (AvgIpc) is 3.28. The molecule has 180 valence electrons. The third-order valence-electron chi connectivity index (χ3n) is 6.36. The lowest BCUT2D eigenvalue weighted by Crippen LogP contribution is -2.51. The smallest absolute Gasteiger partial charge is 0.266 e. The summed E-state index contributed by atoms with van der Waals surface area (Å²) in [5, 5.41) is 12.4. The zero-order valence-electron chi connectivity index (χ0n) is 18.8. The molecule has 1 saturated heterocycles. The van der Waals surface area contributed by atoms with E-state index >= 15 is 0 Å². The standard InChI is InChI=1S/C23H24F3N5O3/c1-13(14-4-3-5-15(19(14)24)20(25)26)28-21-16-11-31(12-17(16)29-18(10-27)30-21)22(32)23(33-2)6-8-34-9-7-23/h3-5,13,20H,6-9,11-12H2,1-2H3,(H,28,29,30)/t13-/m1/s1. The molecule has 8 nitrogen and oxygen atoms in total. The molecular formula is C23H24F3N5O3. The molecule has 0 bridgehead atoms. The zero-order chi connectivity index (χ0) is 24.5. The number of benzene rings is 1. The van der Waals surface area contributed by atoms with E-state index in [2.05, 4.69) is 15.3 Å². The summed E-state index contributed by atoms with van der Waals surface area (Å²) >= 11 is 0. The van der Waals surface area contributed by atoms with Gasteiger partial charge in [-0.2, -0.15) is 5.26 Å². The summed E-state index contributed by atoms with van der Waals surface area (Å²) in [6.45, 7) is 2.75. The minimum absolute atomic E-state index is 0.0372. The highest BCUT2D eigenvalue weighted by Crippen LogP contribution is 2.35. The fourth-order valence-electron chi connectivity index (χ4n) is 4.42. The van der Waals surface area contributed by atoms with E-state index in [9.17, 15) is 23.2 Å². The van der Waals surface area contributed by atoms with Crippen LogP contribution in [0.2, 0.25) is 0 Å². The largest absolute Gasteiger partial charge is 0.381 e. The number of anilines is 1. The molecule has 0 radical (unpaired) electrons. The first-order valence-electron chi connectivity index (χ1n) is 10.8. The van der Waals surface area contributed by atoms with Crippen LogP contribution in [0.1, 0.15) is 60.4 Å². The lowest BCUT2D eigenvalue weighted by Gasteiger charge is -2.37. The number of amides is 1. The molecule has 2 aliphatic heterocycles. The molecule has 1 N–H and O–H groups in total. The monoisotopic (exact) mass is 475 g/mol. The number of halogens is 3. The Hall–Kier alpha value is -3.23. The molecule has 1 fully saturated rings. The molecule has 4 rings (SSSR count). The van der Waals surface area contributed by atoms with Gasteiger partial charge in [0.1, 0.15) is 17.7 Å². The highest BCUT2D eigenvalue weighted by atomic mass is 19.3. The van der Waals surface area contributed by atoms with Crippen molar-refractivity contribution in [2.75, 3.05) is 25.6 Å². The minimum atomic E-state index is -2.95. The number of rotatable bonds is 6. The Kier molecular flexibility index (Phi) is 6.72. The maximum atomic E-state index is 14.7. The van der Waals surface area contributed by atoms with Crippen LogP contribution in [-0.2, 0) is 27.4 Å². The number of nitriles is 1. The second kappa shape index (κ2) is 9.56. The predicted octanol–water partition coefficient (Wildman–Crippen LogP) is 3.64. The van der Waals surface area contributed by atoms with Crippen molar-refractivity contribution in [2.45, 2.75) is 50.9 Å². The van der Waals surface area contributed by atoms with Crippen LogP contribution in [0.15, 0.2) is 18.2 Å². The fourth-order valence-corrected chi connectivity index (χ4v) is 4.42. The number of carbonyl (C=O) groups excluding carboxylic acids is 1. The fraction of sp³-hybridized carbons (Fsp3) is 0.478. The molecule has 3 heterocycles. The normalized spacial score (nSPS) is 17.9. The quantitative estimate of drug-likeness (QED) is 0.681. The number of fused-ring (bicyclic) bond motifs is 1. The van der Waals surface area contributed by atoms with Gasteiger partial charge in [0.2, 0.25) is 5.82 Å². The van der Waals surface area contributed by atoms with E-state index in [0.29, 0.717) is 37.3 Å². The predicted molar refractivity (Wildman–Crippen MR) is 114 cm³/mol.